The maximum absolute atomic E-state index is 12.7. The first-order valence-electron chi connectivity index (χ1n) is 6.82. The second-order valence-corrected chi connectivity index (χ2v) is 8.02. The number of nitrogens with one attached hydrogen (secondary N) is 1. The average Bonchev–Trinajstić information content (AvgIpc) is 2.48. The molecule has 2 rings (SSSR count). The van der Waals surface area contributed by atoms with Crippen LogP contribution in [0.15, 0.2) is 21.6 Å². The van der Waals surface area contributed by atoms with E-state index in [4.69, 9.17) is 4.74 Å². The number of ether oxygens (including phenoxy) is 1. The molecule has 1 aliphatic rings. The Morgan fingerprint density at radius 1 is 1.48 bits per heavy atom. The van der Waals surface area contributed by atoms with Crippen LogP contribution in [0.3, 0.4) is 0 Å². The normalized spacial score (nSPS) is 17.1. The van der Waals surface area contributed by atoms with Gasteiger partial charge in [-0.3, -0.25) is 0 Å². The van der Waals surface area contributed by atoms with Crippen LogP contribution in [0.25, 0.3) is 0 Å². The molecule has 0 saturated carbocycles. The van der Waals surface area contributed by atoms with E-state index in [0.29, 0.717) is 36.0 Å². The largest absolute Gasteiger partial charge is 0.381 e. The fraction of sp³-hybridized carbons (Fsp3) is 0.615. The highest BCUT2D eigenvalue weighted by Crippen LogP contribution is 2.26. The van der Waals surface area contributed by atoms with Gasteiger partial charge in [-0.1, -0.05) is 0 Å². The molecule has 0 aromatic carbocycles. The summed E-state index contributed by atoms with van der Waals surface area (Å²) in [6.45, 7) is 1.92. The summed E-state index contributed by atoms with van der Waals surface area (Å²) in [5.41, 5.74) is 0. The number of hydrogen-bond acceptors (Lipinski definition) is 5. The van der Waals surface area contributed by atoms with E-state index in [9.17, 15) is 8.42 Å². The third-order valence-corrected chi connectivity index (χ3v) is 5.87. The third-order valence-electron chi connectivity index (χ3n) is 3.60. The first-order valence-corrected chi connectivity index (χ1v) is 9.06. The van der Waals surface area contributed by atoms with E-state index in [2.05, 4.69) is 26.2 Å². The zero-order valence-corrected chi connectivity index (χ0v) is 14.6. The molecule has 0 atom stereocenters. The second-order valence-electron chi connectivity index (χ2n) is 5.09. The van der Waals surface area contributed by atoms with Gasteiger partial charge >= 0.3 is 0 Å². The van der Waals surface area contributed by atoms with E-state index in [1.807, 2.05) is 0 Å². The Bertz CT molecular complexity index is 588. The lowest BCUT2D eigenvalue weighted by Gasteiger charge is -2.27. The predicted octanol–water partition coefficient (Wildman–Crippen LogP) is 1.93. The van der Waals surface area contributed by atoms with Crippen molar-refractivity contribution in [2.75, 3.05) is 39.2 Å². The van der Waals surface area contributed by atoms with Gasteiger partial charge in [0.25, 0.3) is 0 Å². The van der Waals surface area contributed by atoms with Crippen molar-refractivity contribution in [1.82, 2.24) is 9.29 Å². The average molecular weight is 378 g/mol. The van der Waals surface area contributed by atoms with Crippen molar-refractivity contribution in [3.05, 3.63) is 16.7 Å². The number of pyridine rings is 1. The summed E-state index contributed by atoms with van der Waals surface area (Å²) in [5, 5.41) is 2.83. The van der Waals surface area contributed by atoms with Gasteiger partial charge in [0.15, 0.2) is 0 Å². The highest BCUT2D eigenvalue weighted by molar-refractivity contribution is 9.10. The Kier molecular flexibility index (Phi) is 5.59. The van der Waals surface area contributed by atoms with Crippen LogP contribution in [0.4, 0.5) is 5.82 Å². The zero-order valence-electron chi connectivity index (χ0n) is 12.2. The quantitative estimate of drug-likeness (QED) is 0.848. The zero-order chi connectivity index (χ0) is 15.5. The van der Waals surface area contributed by atoms with Crippen LogP contribution in [0.1, 0.15) is 12.8 Å². The molecule has 6 nitrogen and oxygen atoms in total. The van der Waals surface area contributed by atoms with E-state index in [0.717, 1.165) is 12.8 Å². The molecule has 21 heavy (non-hydrogen) atoms. The van der Waals surface area contributed by atoms with Gasteiger partial charge in [0, 0.05) is 44.5 Å². The Labute approximate surface area is 134 Å². The van der Waals surface area contributed by atoms with Crippen molar-refractivity contribution in [3.8, 4) is 0 Å². The Morgan fingerprint density at radius 2 is 2.14 bits per heavy atom. The molecule has 1 saturated heterocycles. The van der Waals surface area contributed by atoms with Gasteiger partial charge in [-0.2, -0.15) is 0 Å². The summed E-state index contributed by atoms with van der Waals surface area (Å²) in [7, 11) is -0.289. The van der Waals surface area contributed by atoms with Gasteiger partial charge in [-0.15, -0.1) is 0 Å². The molecular weight excluding hydrogens is 358 g/mol. The molecule has 1 aromatic rings. The molecule has 1 N–H and O–H groups in total. The Hall–Kier alpha value is -0.700. The van der Waals surface area contributed by atoms with Crippen molar-refractivity contribution in [2.45, 2.75) is 17.7 Å². The Morgan fingerprint density at radius 3 is 2.76 bits per heavy atom. The summed E-state index contributed by atoms with van der Waals surface area (Å²) in [6.07, 6.45) is 3.37. The van der Waals surface area contributed by atoms with E-state index < -0.39 is 10.0 Å². The number of halogens is 1. The Balaban J connectivity index is 2.22. The van der Waals surface area contributed by atoms with E-state index in [1.165, 1.54) is 4.31 Å². The van der Waals surface area contributed by atoms with Crippen molar-refractivity contribution < 1.29 is 13.2 Å². The first-order chi connectivity index (χ1) is 9.95. The van der Waals surface area contributed by atoms with E-state index in [-0.39, 0.29) is 4.90 Å². The van der Waals surface area contributed by atoms with Crippen LogP contribution in [0.2, 0.25) is 0 Å². The topological polar surface area (TPSA) is 71.5 Å². The molecule has 0 spiro atoms. The van der Waals surface area contributed by atoms with Crippen LogP contribution in [-0.2, 0) is 14.8 Å². The van der Waals surface area contributed by atoms with Crippen LogP contribution < -0.4 is 5.32 Å². The van der Waals surface area contributed by atoms with Gasteiger partial charge in [-0.05, 0) is 40.8 Å². The molecule has 1 aliphatic heterocycles. The maximum Gasteiger partial charge on any atom is 0.246 e. The first kappa shape index (κ1) is 16.7. The number of nitrogens with zero attached hydrogens (tertiary/aromatic N) is 2. The van der Waals surface area contributed by atoms with Crippen LogP contribution in [0.5, 0.6) is 0 Å². The lowest BCUT2D eigenvalue weighted by atomic mass is 10.0. The summed E-state index contributed by atoms with van der Waals surface area (Å²) in [4.78, 5) is 4.30. The molecule has 1 aromatic heterocycles. The predicted molar refractivity (Wildman–Crippen MR) is 84.8 cm³/mol. The molecule has 0 unspecified atom stereocenters. The number of anilines is 1. The molecule has 2 heterocycles. The van der Waals surface area contributed by atoms with Crippen molar-refractivity contribution >= 4 is 31.8 Å². The van der Waals surface area contributed by atoms with Gasteiger partial charge in [0.1, 0.15) is 10.7 Å². The lowest BCUT2D eigenvalue weighted by molar-refractivity contribution is 0.0620. The number of rotatable bonds is 5. The summed E-state index contributed by atoms with van der Waals surface area (Å²) >= 11 is 3.28. The van der Waals surface area contributed by atoms with E-state index in [1.54, 1.807) is 26.4 Å². The standard InChI is InChI=1S/C13H20BrN3O3S/c1-15-13-12(7-11(14)8-16-13)21(18,19)17(2)9-10-3-5-20-6-4-10/h7-8,10H,3-6,9H2,1-2H3,(H,15,16). The number of sulfonamides is 1. The van der Waals surface area contributed by atoms with Crippen molar-refractivity contribution in [1.29, 1.82) is 0 Å². The van der Waals surface area contributed by atoms with Gasteiger partial charge < -0.3 is 10.1 Å². The molecule has 0 aliphatic carbocycles. The fourth-order valence-electron chi connectivity index (χ4n) is 2.36. The molecule has 0 radical (unpaired) electrons. The van der Waals surface area contributed by atoms with E-state index >= 15 is 0 Å². The third kappa shape index (κ3) is 3.94. The molecule has 118 valence electrons. The minimum absolute atomic E-state index is 0.189. The van der Waals surface area contributed by atoms with Gasteiger partial charge in [0.2, 0.25) is 10.0 Å². The maximum atomic E-state index is 12.7. The molecule has 1 fully saturated rings. The van der Waals surface area contributed by atoms with Crippen molar-refractivity contribution in [3.63, 3.8) is 0 Å². The molecule has 0 bridgehead atoms. The van der Waals surface area contributed by atoms with Gasteiger partial charge in [-0.25, -0.2) is 17.7 Å². The summed E-state index contributed by atoms with van der Waals surface area (Å²) in [6, 6.07) is 1.58. The molecule has 8 heteroatoms. The minimum Gasteiger partial charge on any atom is -0.381 e. The number of hydrogen-bond donors (Lipinski definition) is 1. The molecule has 0 amide bonds. The molecular formula is C13H20BrN3O3S. The minimum atomic E-state index is -3.57. The highest BCUT2D eigenvalue weighted by atomic mass is 79.9. The SMILES string of the molecule is CNc1ncc(Br)cc1S(=O)(=O)N(C)CC1CCOCC1. The van der Waals surface area contributed by atoms with Crippen LogP contribution >= 0.6 is 15.9 Å². The van der Waals surface area contributed by atoms with Gasteiger partial charge in [0.05, 0.1) is 0 Å². The lowest BCUT2D eigenvalue weighted by Crippen LogP contribution is -2.34. The highest BCUT2D eigenvalue weighted by Gasteiger charge is 2.27. The van der Waals surface area contributed by atoms with Crippen molar-refractivity contribution in [2.24, 2.45) is 5.92 Å². The fourth-order valence-corrected chi connectivity index (χ4v) is 4.26. The number of aromatic nitrogens is 1. The monoisotopic (exact) mass is 377 g/mol. The summed E-state index contributed by atoms with van der Waals surface area (Å²) in [5.74, 6) is 0.703. The second kappa shape index (κ2) is 7.04. The van der Waals surface area contributed by atoms with Crippen LogP contribution in [-0.4, -0.2) is 51.6 Å². The summed E-state index contributed by atoms with van der Waals surface area (Å²) < 4.78 is 32.8. The van der Waals surface area contributed by atoms with Crippen LogP contribution in [0, 0.1) is 5.92 Å². The smallest absolute Gasteiger partial charge is 0.246 e.